The van der Waals surface area contributed by atoms with E-state index in [1.165, 1.54) is 30.4 Å². The highest BCUT2D eigenvalue weighted by Crippen LogP contribution is 2.32. The maximum atomic E-state index is 5.21. The fraction of sp³-hybridized carbons (Fsp3) is 0.455. The van der Waals surface area contributed by atoms with E-state index in [0.717, 1.165) is 6.54 Å². The van der Waals surface area contributed by atoms with Crippen molar-refractivity contribution in [2.24, 2.45) is 5.73 Å². The first-order valence-corrected chi connectivity index (χ1v) is 4.69. The van der Waals surface area contributed by atoms with Gasteiger partial charge in [-0.1, -0.05) is 38.0 Å². The van der Waals surface area contributed by atoms with Gasteiger partial charge in [-0.3, -0.25) is 0 Å². The molecule has 0 saturated heterocycles. The number of unbranched alkanes of at least 4 members (excludes halogenated alkanes) is 2. The maximum Gasteiger partial charge on any atom is -0.00773 e. The Morgan fingerprint density at radius 3 is 2.00 bits per heavy atom. The molecule has 0 aromatic rings. The van der Waals surface area contributed by atoms with Crippen molar-refractivity contribution in [3.8, 4) is 11.1 Å². The summed E-state index contributed by atoms with van der Waals surface area (Å²) in [4.78, 5) is 0. The molecular formula is C11H17N. The Morgan fingerprint density at radius 1 is 1.17 bits per heavy atom. The van der Waals surface area contributed by atoms with Crippen LogP contribution in [0.3, 0.4) is 0 Å². The second kappa shape index (κ2) is 4.94. The normalized spacial score (nSPS) is 10.2. The van der Waals surface area contributed by atoms with Gasteiger partial charge in [-0.2, -0.15) is 0 Å². The average molecular weight is 163 g/mol. The van der Waals surface area contributed by atoms with E-state index in [-0.39, 0.29) is 0 Å². The molecule has 0 spiro atoms. The van der Waals surface area contributed by atoms with Crippen molar-refractivity contribution in [1.29, 1.82) is 0 Å². The van der Waals surface area contributed by atoms with Gasteiger partial charge in [0, 0.05) is 0 Å². The summed E-state index contributed by atoms with van der Waals surface area (Å²) < 4.78 is 0. The number of fused-ring (bicyclic) bond motifs is 1. The molecule has 2 rings (SSSR count). The summed E-state index contributed by atoms with van der Waals surface area (Å²) in [6.45, 7) is 3.03. The lowest BCUT2D eigenvalue weighted by atomic mass is 10.3. The number of hydrogen-bond donors (Lipinski definition) is 1. The molecule has 1 heteroatoms. The van der Waals surface area contributed by atoms with Crippen LogP contribution >= 0.6 is 0 Å². The minimum absolute atomic E-state index is 0.855. The smallest absolute Gasteiger partial charge is 0.00773 e. The molecule has 66 valence electrons. The van der Waals surface area contributed by atoms with Crippen LogP contribution in [-0.2, 0) is 0 Å². The minimum Gasteiger partial charge on any atom is -0.330 e. The topological polar surface area (TPSA) is 26.0 Å². The van der Waals surface area contributed by atoms with Crippen molar-refractivity contribution in [2.75, 3.05) is 6.54 Å². The molecule has 0 aromatic heterocycles. The van der Waals surface area contributed by atoms with Crippen molar-refractivity contribution in [1.82, 2.24) is 0 Å². The van der Waals surface area contributed by atoms with Gasteiger partial charge in [-0.15, -0.1) is 0 Å². The van der Waals surface area contributed by atoms with Gasteiger partial charge >= 0.3 is 0 Å². The fourth-order valence-corrected chi connectivity index (χ4v) is 1.07. The van der Waals surface area contributed by atoms with E-state index in [4.69, 9.17) is 5.73 Å². The van der Waals surface area contributed by atoms with Gasteiger partial charge in [0.05, 0.1) is 0 Å². The molecule has 2 aliphatic rings. The van der Waals surface area contributed by atoms with Crippen LogP contribution < -0.4 is 5.73 Å². The summed E-state index contributed by atoms with van der Waals surface area (Å²) in [6.07, 6.45) is 3.75. The zero-order valence-corrected chi connectivity index (χ0v) is 7.72. The standard InChI is InChI=1S/C6H4.C5H13N/c1-2-5-4-6(5)3-1;1-2-3-4-5-6/h1-4H;2-6H2,1H3. The lowest BCUT2D eigenvalue weighted by molar-refractivity contribution is 0.727. The molecule has 2 N–H and O–H groups in total. The highest BCUT2D eigenvalue weighted by Gasteiger charge is 2.06. The Bertz CT molecular complexity index is 209. The van der Waals surface area contributed by atoms with E-state index in [1.54, 1.807) is 0 Å². The number of rotatable bonds is 3. The number of hydrogen-bond acceptors (Lipinski definition) is 1. The molecule has 12 heavy (non-hydrogen) atoms. The van der Waals surface area contributed by atoms with Gasteiger partial charge in [-0.05, 0) is 30.2 Å². The van der Waals surface area contributed by atoms with Gasteiger partial charge in [0.15, 0.2) is 0 Å². The zero-order chi connectivity index (χ0) is 8.81. The molecule has 2 aliphatic carbocycles. The van der Waals surface area contributed by atoms with E-state index in [9.17, 15) is 0 Å². The molecule has 0 fully saturated rings. The monoisotopic (exact) mass is 163 g/mol. The summed E-state index contributed by atoms with van der Waals surface area (Å²) in [5, 5.41) is 0. The predicted octanol–water partition coefficient (Wildman–Crippen LogP) is 2.80. The SMILES string of the molecule is CCCCCN.c1cc2cc-2c1. The molecule has 0 bridgehead atoms. The Hall–Kier alpha value is -0.820. The van der Waals surface area contributed by atoms with Gasteiger partial charge in [0.2, 0.25) is 0 Å². The second-order valence-corrected chi connectivity index (χ2v) is 3.08. The van der Waals surface area contributed by atoms with Gasteiger partial charge < -0.3 is 5.73 Å². The summed E-state index contributed by atoms with van der Waals surface area (Å²) in [5.74, 6) is 0. The summed E-state index contributed by atoms with van der Waals surface area (Å²) in [6, 6.07) is 8.48. The number of nitrogens with two attached hydrogens (primary N) is 1. The molecule has 0 unspecified atom stereocenters. The van der Waals surface area contributed by atoms with Crippen LogP contribution in [0, 0.1) is 0 Å². The van der Waals surface area contributed by atoms with Crippen LogP contribution in [0.5, 0.6) is 0 Å². The third kappa shape index (κ3) is 3.05. The van der Waals surface area contributed by atoms with Gasteiger partial charge in [-0.25, -0.2) is 0 Å². The average Bonchev–Trinajstić information content (AvgIpc) is 2.72. The van der Waals surface area contributed by atoms with Crippen LogP contribution in [-0.4, -0.2) is 6.54 Å². The van der Waals surface area contributed by atoms with E-state index in [2.05, 4.69) is 31.2 Å². The largest absolute Gasteiger partial charge is 0.330 e. The minimum atomic E-state index is 0.855. The van der Waals surface area contributed by atoms with Crippen LogP contribution in [0.2, 0.25) is 0 Å². The fourth-order valence-electron chi connectivity index (χ4n) is 1.07. The number of benzene rings is 1. The van der Waals surface area contributed by atoms with Crippen LogP contribution in [0.15, 0.2) is 24.3 Å². The Labute approximate surface area is 74.6 Å². The van der Waals surface area contributed by atoms with E-state index in [0.29, 0.717) is 0 Å². The molecule has 0 aromatic carbocycles. The van der Waals surface area contributed by atoms with Crippen molar-refractivity contribution in [3.63, 3.8) is 0 Å². The summed E-state index contributed by atoms with van der Waals surface area (Å²) >= 11 is 0. The van der Waals surface area contributed by atoms with Crippen molar-refractivity contribution >= 4 is 0 Å². The highest BCUT2D eigenvalue weighted by atomic mass is 14.5. The maximum absolute atomic E-state index is 5.21. The van der Waals surface area contributed by atoms with Crippen molar-refractivity contribution in [3.05, 3.63) is 24.3 Å². The third-order valence-electron chi connectivity index (χ3n) is 1.92. The molecule has 0 amide bonds. The molecule has 0 aliphatic heterocycles. The van der Waals surface area contributed by atoms with Gasteiger partial charge in [0.1, 0.15) is 0 Å². The van der Waals surface area contributed by atoms with Crippen LogP contribution in [0.4, 0.5) is 0 Å². The third-order valence-corrected chi connectivity index (χ3v) is 1.92. The first-order chi connectivity index (χ1) is 5.88. The van der Waals surface area contributed by atoms with Crippen molar-refractivity contribution < 1.29 is 0 Å². The Morgan fingerprint density at radius 2 is 1.83 bits per heavy atom. The quantitative estimate of drug-likeness (QED) is 0.692. The summed E-state index contributed by atoms with van der Waals surface area (Å²) in [7, 11) is 0. The first-order valence-electron chi connectivity index (χ1n) is 4.69. The highest BCUT2D eigenvalue weighted by molar-refractivity contribution is 5.80. The second-order valence-electron chi connectivity index (χ2n) is 3.08. The van der Waals surface area contributed by atoms with E-state index in [1.807, 2.05) is 0 Å². The molecule has 0 heterocycles. The van der Waals surface area contributed by atoms with E-state index < -0.39 is 0 Å². The van der Waals surface area contributed by atoms with E-state index >= 15 is 0 Å². The Kier molecular flexibility index (Phi) is 3.81. The van der Waals surface area contributed by atoms with Crippen LogP contribution in [0.25, 0.3) is 11.1 Å². The lowest BCUT2D eigenvalue weighted by Gasteiger charge is -1.86. The molecule has 1 nitrogen and oxygen atoms in total. The lowest BCUT2D eigenvalue weighted by Crippen LogP contribution is -1.96. The molecule has 0 radical (unpaired) electrons. The Balaban J connectivity index is 0.000000120. The molecule has 0 atom stereocenters. The zero-order valence-electron chi connectivity index (χ0n) is 7.72. The van der Waals surface area contributed by atoms with Crippen molar-refractivity contribution in [2.45, 2.75) is 26.2 Å². The predicted molar refractivity (Wildman–Crippen MR) is 54.0 cm³/mol. The van der Waals surface area contributed by atoms with Gasteiger partial charge in [0.25, 0.3) is 0 Å². The first kappa shape index (κ1) is 9.27. The summed E-state index contributed by atoms with van der Waals surface area (Å²) in [5.41, 5.74) is 8.07. The molecule has 0 saturated carbocycles. The van der Waals surface area contributed by atoms with Crippen LogP contribution in [0.1, 0.15) is 26.2 Å². The molecular weight excluding hydrogens is 146 g/mol.